The number of aryl methyl sites for hydroxylation is 1. The van der Waals surface area contributed by atoms with E-state index in [0.717, 1.165) is 28.3 Å². The predicted molar refractivity (Wildman–Crippen MR) is 109 cm³/mol. The van der Waals surface area contributed by atoms with Gasteiger partial charge in [0.25, 0.3) is 0 Å². The van der Waals surface area contributed by atoms with Gasteiger partial charge < -0.3 is 14.8 Å². The normalized spacial score (nSPS) is 16.4. The predicted octanol–water partition coefficient (Wildman–Crippen LogP) is 4.08. The van der Waals surface area contributed by atoms with E-state index in [1.165, 1.54) is 36.9 Å². The van der Waals surface area contributed by atoms with Crippen LogP contribution >= 0.6 is 11.6 Å². The Morgan fingerprint density at radius 2 is 1.92 bits per heavy atom. The van der Waals surface area contributed by atoms with Crippen molar-refractivity contribution < 1.29 is 0 Å². The fraction of sp³-hybridized carbons (Fsp3) is 0.381. The highest BCUT2D eigenvalue weighted by Crippen LogP contribution is 2.29. The lowest BCUT2D eigenvalue weighted by Gasteiger charge is -2.29. The Morgan fingerprint density at radius 3 is 2.73 bits per heavy atom. The molecule has 26 heavy (non-hydrogen) atoms. The number of rotatable bonds is 4. The summed E-state index contributed by atoms with van der Waals surface area (Å²) in [6.45, 7) is 3.22. The van der Waals surface area contributed by atoms with Crippen LogP contribution in [0.15, 0.2) is 42.7 Å². The zero-order valence-corrected chi connectivity index (χ0v) is 16.1. The number of pyridine rings is 1. The summed E-state index contributed by atoms with van der Waals surface area (Å²) in [5.74, 6) is 0. The van der Waals surface area contributed by atoms with Crippen molar-refractivity contribution in [2.45, 2.75) is 25.4 Å². The van der Waals surface area contributed by atoms with Crippen LogP contribution in [0.2, 0.25) is 5.02 Å². The van der Waals surface area contributed by atoms with Gasteiger partial charge in [-0.15, -0.1) is 0 Å². The Hall–Kier alpha value is -1.88. The molecule has 1 aliphatic rings. The molecule has 0 bridgehead atoms. The summed E-state index contributed by atoms with van der Waals surface area (Å²) in [6, 6.07) is 11.1. The van der Waals surface area contributed by atoms with Gasteiger partial charge >= 0.3 is 0 Å². The van der Waals surface area contributed by atoms with Crippen molar-refractivity contribution in [3.05, 3.63) is 53.3 Å². The van der Waals surface area contributed by atoms with Crippen molar-refractivity contribution in [2.75, 3.05) is 20.1 Å². The minimum absolute atomic E-state index is 0.606. The highest BCUT2D eigenvalue weighted by molar-refractivity contribution is 6.31. The maximum absolute atomic E-state index is 6.16. The molecule has 0 atom stereocenters. The average molecular weight is 369 g/mol. The zero-order chi connectivity index (χ0) is 18.1. The Kier molecular flexibility index (Phi) is 4.98. The van der Waals surface area contributed by atoms with Crippen LogP contribution in [-0.2, 0) is 13.6 Å². The molecule has 0 unspecified atom stereocenters. The number of aromatic nitrogens is 2. The minimum Gasteiger partial charge on any atom is -0.344 e. The summed E-state index contributed by atoms with van der Waals surface area (Å²) >= 11 is 6.16. The van der Waals surface area contributed by atoms with Crippen LogP contribution in [0.4, 0.5) is 0 Å². The number of hydrogen-bond donors (Lipinski definition) is 1. The molecule has 0 amide bonds. The lowest BCUT2D eigenvalue weighted by Crippen LogP contribution is -2.40. The van der Waals surface area contributed by atoms with E-state index < -0.39 is 0 Å². The molecule has 3 heterocycles. The lowest BCUT2D eigenvalue weighted by molar-refractivity contribution is 0.234. The second-order valence-electron chi connectivity index (χ2n) is 7.33. The fourth-order valence-corrected chi connectivity index (χ4v) is 3.95. The van der Waals surface area contributed by atoms with Gasteiger partial charge in [-0.25, -0.2) is 0 Å². The van der Waals surface area contributed by atoms with Gasteiger partial charge in [0.2, 0.25) is 0 Å². The summed E-state index contributed by atoms with van der Waals surface area (Å²) in [6.07, 6.45) is 6.33. The Bertz CT molecular complexity index is 910. The lowest BCUT2D eigenvalue weighted by atomic mass is 10.0. The van der Waals surface area contributed by atoms with Gasteiger partial charge in [0, 0.05) is 53.5 Å². The van der Waals surface area contributed by atoms with E-state index in [1.54, 1.807) is 0 Å². The van der Waals surface area contributed by atoms with Gasteiger partial charge in [-0.05, 0) is 62.8 Å². The number of benzene rings is 1. The standard InChI is InChI=1S/C21H25ClN4/c1-25-7-5-19(6-8-25)24-13-15-9-17(14-23-12-15)20-10-16-3-4-18(22)11-21(16)26(20)2/h3-4,9-12,14,19,24H,5-8,13H2,1-2H3. The van der Waals surface area contributed by atoms with Crippen molar-refractivity contribution in [3.63, 3.8) is 0 Å². The smallest absolute Gasteiger partial charge is 0.0504 e. The fourth-order valence-electron chi connectivity index (χ4n) is 3.78. The van der Waals surface area contributed by atoms with Gasteiger partial charge in [0.05, 0.1) is 5.69 Å². The molecular formula is C21H25ClN4. The summed E-state index contributed by atoms with van der Waals surface area (Å²) < 4.78 is 2.19. The van der Waals surface area contributed by atoms with Crippen molar-refractivity contribution >= 4 is 22.5 Å². The molecule has 0 spiro atoms. The molecule has 1 N–H and O–H groups in total. The second kappa shape index (κ2) is 7.39. The third-order valence-corrected chi connectivity index (χ3v) is 5.65. The minimum atomic E-state index is 0.606. The van der Waals surface area contributed by atoms with Crippen LogP contribution in [0.5, 0.6) is 0 Å². The second-order valence-corrected chi connectivity index (χ2v) is 7.77. The number of nitrogens with zero attached hydrogens (tertiary/aromatic N) is 3. The van der Waals surface area contributed by atoms with E-state index in [9.17, 15) is 0 Å². The van der Waals surface area contributed by atoms with Crippen LogP contribution < -0.4 is 5.32 Å². The molecule has 2 aromatic heterocycles. The van der Waals surface area contributed by atoms with Crippen LogP contribution in [0.1, 0.15) is 18.4 Å². The van der Waals surface area contributed by atoms with Gasteiger partial charge in [-0.3, -0.25) is 4.98 Å². The van der Waals surface area contributed by atoms with Gasteiger partial charge in [0.15, 0.2) is 0 Å². The van der Waals surface area contributed by atoms with E-state index in [-0.39, 0.29) is 0 Å². The molecule has 3 aromatic rings. The van der Waals surface area contributed by atoms with E-state index >= 15 is 0 Å². The molecule has 1 aromatic carbocycles. The molecule has 4 nitrogen and oxygen atoms in total. The summed E-state index contributed by atoms with van der Waals surface area (Å²) in [5.41, 5.74) is 4.67. The molecule has 5 heteroatoms. The summed E-state index contributed by atoms with van der Waals surface area (Å²) in [4.78, 5) is 6.87. The molecule has 0 saturated carbocycles. The summed E-state index contributed by atoms with van der Waals surface area (Å²) in [7, 11) is 4.28. The van der Waals surface area contributed by atoms with Crippen molar-refractivity contribution in [2.24, 2.45) is 7.05 Å². The van der Waals surface area contributed by atoms with Gasteiger partial charge in [-0.2, -0.15) is 0 Å². The molecule has 136 valence electrons. The first-order valence-electron chi connectivity index (χ1n) is 9.21. The third-order valence-electron chi connectivity index (χ3n) is 5.41. The van der Waals surface area contributed by atoms with Crippen molar-refractivity contribution in [1.29, 1.82) is 0 Å². The molecular weight excluding hydrogens is 344 g/mol. The third kappa shape index (κ3) is 3.63. The van der Waals surface area contributed by atoms with Crippen molar-refractivity contribution in [1.82, 2.24) is 19.8 Å². The molecule has 4 rings (SSSR count). The SMILES string of the molecule is CN1CCC(NCc2cncc(-c3cc4ccc(Cl)cc4n3C)c2)CC1. The van der Waals surface area contributed by atoms with Crippen LogP contribution in [-0.4, -0.2) is 40.6 Å². The maximum atomic E-state index is 6.16. The van der Waals surface area contributed by atoms with E-state index in [0.29, 0.717) is 6.04 Å². The molecule has 1 aliphatic heterocycles. The van der Waals surface area contributed by atoms with Gasteiger partial charge in [-0.1, -0.05) is 17.7 Å². The first-order chi connectivity index (χ1) is 12.6. The van der Waals surface area contributed by atoms with E-state index in [4.69, 9.17) is 11.6 Å². The van der Waals surface area contributed by atoms with Gasteiger partial charge in [0.1, 0.15) is 0 Å². The number of nitrogens with one attached hydrogen (secondary N) is 1. The molecule has 1 saturated heterocycles. The highest BCUT2D eigenvalue weighted by atomic mass is 35.5. The van der Waals surface area contributed by atoms with Crippen LogP contribution in [0.3, 0.4) is 0 Å². The highest BCUT2D eigenvalue weighted by Gasteiger charge is 2.16. The monoisotopic (exact) mass is 368 g/mol. The molecule has 0 aliphatic carbocycles. The number of piperidine rings is 1. The number of hydrogen-bond acceptors (Lipinski definition) is 3. The Morgan fingerprint density at radius 1 is 1.12 bits per heavy atom. The molecule has 1 fully saturated rings. The Labute approximate surface area is 159 Å². The maximum Gasteiger partial charge on any atom is 0.0504 e. The first-order valence-corrected chi connectivity index (χ1v) is 9.59. The van der Waals surface area contributed by atoms with Crippen LogP contribution in [0.25, 0.3) is 22.2 Å². The van der Waals surface area contributed by atoms with E-state index in [1.807, 2.05) is 24.5 Å². The summed E-state index contributed by atoms with van der Waals surface area (Å²) in [5, 5.41) is 5.65. The van der Waals surface area contributed by atoms with Crippen LogP contribution in [0, 0.1) is 0 Å². The number of likely N-dealkylation sites (tertiary alicyclic amines) is 1. The molecule has 0 radical (unpaired) electrons. The average Bonchev–Trinajstić information content (AvgIpc) is 2.98. The Balaban J connectivity index is 1.53. The first kappa shape index (κ1) is 17.5. The van der Waals surface area contributed by atoms with Crippen molar-refractivity contribution in [3.8, 4) is 11.3 Å². The topological polar surface area (TPSA) is 33.1 Å². The zero-order valence-electron chi connectivity index (χ0n) is 15.4. The quantitative estimate of drug-likeness (QED) is 0.753. The number of halogens is 1. The number of fused-ring (bicyclic) bond motifs is 1. The van der Waals surface area contributed by atoms with E-state index in [2.05, 4.69) is 52.1 Å². The largest absolute Gasteiger partial charge is 0.344 e.